The molecule has 0 radical (unpaired) electrons. The van der Waals surface area contributed by atoms with Crippen LogP contribution in [0.15, 0.2) is 35.6 Å². The van der Waals surface area contributed by atoms with Crippen LogP contribution < -0.4 is 0 Å². The summed E-state index contributed by atoms with van der Waals surface area (Å²) in [6.45, 7) is 6.82. The average Bonchev–Trinajstić information content (AvgIpc) is 3.61. The lowest BCUT2D eigenvalue weighted by Gasteiger charge is -2.41. The van der Waals surface area contributed by atoms with Crippen molar-refractivity contribution in [2.45, 2.75) is 97.0 Å². The van der Waals surface area contributed by atoms with Gasteiger partial charge in [0, 0.05) is 37.9 Å². The number of esters is 1. The van der Waals surface area contributed by atoms with Crippen LogP contribution in [0.2, 0.25) is 0 Å². The van der Waals surface area contributed by atoms with E-state index in [-0.39, 0.29) is 23.7 Å². The average molecular weight is 547 g/mol. The Morgan fingerprint density at radius 2 is 1.93 bits per heavy atom. The summed E-state index contributed by atoms with van der Waals surface area (Å²) in [4.78, 5) is 22.4. The number of cyclic esters (lactones) is 1. The molecule has 3 heterocycles. The Hall–Kier alpha value is -3.26. The van der Waals surface area contributed by atoms with Crippen molar-refractivity contribution in [1.82, 2.24) is 19.6 Å². The predicted octanol–water partition coefficient (Wildman–Crippen LogP) is 5.75. The highest BCUT2D eigenvalue weighted by atomic mass is 16.6. The van der Waals surface area contributed by atoms with Crippen molar-refractivity contribution in [1.29, 1.82) is 0 Å². The maximum atomic E-state index is 13.5. The normalized spacial score (nSPS) is 20.1. The molecule has 0 bridgehead atoms. The van der Waals surface area contributed by atoms with E-state index >= 15 is 0 Å². The number of fused-ring (bicyclic) bond motifs is 1. The third kappa shape index (κ3) is 5.92. The second-order valence-corrected chi connectivity index (χ2v) is 11.5. The minimum Gasteiger partial charge on any atom is -0.512 e. The van der Waals surface area contributed by atoms with Crippen LogP contribution in [0.1, 0.15) is 85.8 Å². The predicted molar refractivity (Wildman–Crippen MR) is 153 cm³/mol. The van der Waals surface area contributed by atoms with Gasteiger partial charge in [-0.3, -0.25) is 0 Å². The number of ether oxygens (including phenoxy) is 2. The molecule has 2 aliphatic rings. The van der Waals surface area contributed by atoms with Crippen LogP contribution in [0.25, 0.3) is 5.78 Å². The lowest BCUT2D eigenvalue weighted by Crippen LogP contribution is -2.46. The molecule has 1 aliphatic heterocycles. The van der Waals surface area contributed by atoms with E-state index in [9.17, 15) is 9.90 Å². The number of aromatic nitrogens is 4. The number of aliphatic hydroxyl groups is 1. The molecule has 0 saturated heterocycles. The summed E-state index contributed by atoms with van der Waals surface area (Å²) in [5.41, 5.74) is 5.34. The molecule has 1 aromatic carbocycles. The van der Waals surface area contributed by atoms with Gasteiger partial charge in [-0.2, -0.15) is 4.98 Å². The van der Waals surface area contributed by atoms with Gasteiger partial charge in [-0.15, -0.1) is 5.10 Å². The van der Waals surface area contributed by atoms with E-state index < -0.39 is 11.6 Å². The highest BCUT2D eigenvalue weighted by Crippen LogP contribution is 2.46. The monoisotopic (exact) mass is 546 g/mol. The van der Waals surface area contributed by atoms with Crippen LogP contribution >= 0.6 is 0 Å². The Morgan fingerprint density at radius 3 is 2.65 bits per heavy atom. The zero-order valence-corrected chi connectivity index (χ0v) is 24.3. The molecule has 40 heavy (non-hydrogen) atoms. The number of hydrogen-bond donors (Lipinski definition) is 1. The summed E-state index contributed by atoms with van der Waals surface area (Å²) in [7, 11) is 1.74. The summed E-state index contributed by atoms with van der Waals surface area (Å²) in [6.07, 6.45) is 9.28. The first kappa shape index (κ1) is 28.3. The number of aryl methyl sites for hydroxylation is 5. The fraction of sp³-hybridized carbons (Fsp3) is 0.562. The number of methoxy groups -OCH3 is 1. The molecule has 0 spiro atoms. The lowest BCUT2D eigenvalue weighted by molar-refractivity contribution is -0.167. The van der Waals surface area contributed by atoms with Crippen molar-refractivity contribution in [3.63, 3.8) is 0 Å². The Labute approximate surface area is 236 Å². The molecule has 1 N–H and O–H groups in total. The Kier molecular flexibility index (Phi) is 8.54. The van der Waals surface area contributed by atoms with Crippen molar-refractivity contribution in [3.8, 4) is 0 Å². The SMILES string of the molecule is CCc1cc(CCC2(C3CCCC3)CC(O)=C(Cc3nc4nc(C)cc(C)n4n3)C(=O)O2)ccc1CCCOC. The first-order valence-corrected chi connectivity index (χ1v) is 14.8. The summed E-state index contributed by atoms with van der Waals surface area (Å²) in [5, 5.41) is 15.8. The smallest absolute Gasteiger partial charge is 0.338 e. The summed E-state index contributed by atoms with van der Waals surface area (Å²) < 4.78 is 13.3. The van der Waals surface area contributed by atoms with Crippen LogP contribution in [0.5, 0.6) is 0 Å². The molecular formula is C32H42N4O4. The van der Waals surface area contributed by atoms with E-state index in [0.717, 1.165) is 69.4 Å². The lowest BCUT2D eigenvalue weighted by atomic mass is 9.76. The minimum atomic E-state index is -0.688. The quantitative estimate of drug-likeness (QED) is 0.242. The Morgan fingerprint density at radius 1 is 1.12 bits per heavy atom. The van der Waals surface area contributed by atoms with Gasteiger partial charge in [0.2, 0.25) is 0 Å². The summed E-state index contributed by atoms with van der Waals surface area (Å²) in [6, 6.07) is 8.70. The van der Waals surface area contributed by atoms with Crippen LogP contribution in [0.4, 0.5) is 0 Å². The number of hydrogen-bond acceptors (Lipinski definition) is 7. The first-order chi connectivity index (χ1) is 19.3. The van der Waals surface area contributed by atoms with Gasteiger partial charge in [-0.1, -0.05) is 38.0 Å². The van der Waals surface area contributed by atoms with Crippen LogP contribution in [0.3, 0.4) is 0 Å². The molecule has 1 unspecified atom stereocenters. The number of nitrogens with zero attached hydrogens (tertiary/aromatic N) is 4. The minimum absolute atomic E-state index is 0.116. The zero-order chi connectivity index (χ0) is 28.3. The van der Waals surface area contributed by atoms with Gasteiger partial charge in [0.05, 0.1) is 5.57 Å². The van der Waals surface area contributed by atoms with E-state index in [1.807, 2.05) is 19.9 Å². The second-order valence-electron chi connectivity index (χ2n) is 11.5. The number of carbonyl (C=O) groups excluding carboxylic acids is 1. The number of benzene rings is 1. The van der Waals surface area contributed by atoms with Crippen LogP contribution in [-0.4, -0.2) is 50.0 Å². The van der Waals surface area contributed by atoms with Crippen LogP contribution in [-0.2, 0) is 40.0 Å². The molecule has 8 nitrogen and oxygen atoms in total. The maximum absolute atomic E-state index is 13.5. The van der Waals surface area contributed by atoms with E-state index in [0.29, 0.717) is 24.4 Å². The van der Waals surface area contributed by atoms with Gasteiger partial charge >= 0.3 is 5.97 Å². The molecule has 1 saturated carbocycles. The molecular weight excluding hydrogens is 504 g/mol. The van der Waals surface area contributed by atoms with E-state index in [1.165, 1.54) is 16.7 Å². The Balaban J connectivity index is 1.36. The third-order valence-electron chi connectivity index (χ3n) is 8.74. The van der Waals surface area contributed by atoms with Crippen molar-refractivity contribution >= 4 is 11.7 Å². The summed E-state index contributed by atoms with van der Waals surface area (Å²) in [5.74, 6) is 0.866. The number of carbonyl (C=O) groups is 1. The van der Waals surface area contributed by atoms with Gasteiger partial charge in [0.25, 0.3) is 5.78 Å². The molecule has 5 rings (SSSR count). The molecule has 3 aromatic rings. The standard InChI is InChI=1S/C32H42N4O4/c1-5-24-18-23(12-13-25(24)9-8-16-39-4)14-15-32(26-10-6-7-11-26)20-28(37)27(30(38)40-32)19-29-34-31-33-21(2)17-22(3)36(31)35-29/h12-13,17-18,26,37H,5-11,14-16,19-20H2,1-4H3. The number of aliphatic hydroxyl groups excluding tert-OH is 1. The molecule has 8 heteroatoms. The van der Waals surface area contributed by atoms with E-state index in [2.05, 4.69) is 40.2 Å². The van der Waals surface area contributed by atoms with Crippen molar-refractivity contribution < 1.29 is 19.4 Å². The second kappa shape index (κ2) is 12.1. The number of rotatable bonds is 11. The fourth-order valence-electron chi connectivity index (χ4n) is 6.60. The summed E-state index contributed by atoms with van der Waals surface area (Å²) >= 11 is 0. The third-order valence-corrected chi connectivity index (χ3v) is 8.74. The first-order valence-electron chi connectivity index (χ1n) is 14.8. The van der Waals surface area contributed by atoms with Gasteiger partial charge < -0.3 is 14.6 Å². The maximum Gasteiger partial charge on any atom is 0.338 e. The molecule has 2 aromatic heterocycles. The topological polar surface area (TPSA) is 98.8 Å². The molecule has 214 valence electrons. The molecule has 1 aliphatic carbocycles. The molecule has 1 atom stereocenters. The van der Waals surface area contributed by atoms with Gasteiger partial charge in [0.15, 0.2) is 5.82 Å². The van der Waals surface area contributed by atoms with Gasteiger partial charge in [0.1, 0.15) is 11.4 Å². The fourth-order valence-corrected chi connectivity index (χ4v) is 6.60. The highest BCUT2D eigenvalue weighted by Gasteiger charge is 2.48. The van der Waals surface area contributed by atoms with Crippen molar-refractivity contribution in [2.75, 3.05) is 13.7 Å². The van der Waals surface area contributed by atoms with E-state index in [1.54, 1.807) is 11.6 Å². The zero-order valence-electron chi connectivity index (χ0n) is 24.3. The Bertz CT molecular complexity index is 1410. The van der Waals surface area contributed by atoms with Crippen molar-refractivity contribution in [3.05, 3.63) is 69.5 Å². The molecule has 0 amide bonds. The highest BCUT2D eigenvalue weighted by molar-refractivity contribution is 5.90. The van der Waals surface area contributed by atoms with Gasteiger partial charge in [-0.05, 0) is 87.5 Å². The van der Waals surface area contributed by atoms with E-state index in [4.69, 9.17) is 9.47 Å². The molecule has 1 fully saturated rings. The largest absolute Gasteiger partial charge is 0.512 e. The van der Waals surface area contributed by atoms with Crippen molar-refractivity contribution in [2.24, 2.45) is 5.92 Å². The van der Waals surface area contributed by atoms with Gasteiger partial charge in [-0.25, -0.2) is 14.3 Å². The van der Waals surface area contributed by atoms with Crippen LogP contribution in [0, 0.1) is 19.8 Å².